The van der Waals surface area contributed by atoms with Crippen molar-refractivity contribution in [3.63, 3.8) is 0 Å². The fourth-order valence-corrected chi connectivity index (χ4v) is 3.36. The minimum Gasteiger partial charge on any atom is -0.422 e. The van der Waals surface area contributed by atoms with Gasteiger partial charge in [0.2, 0.25) is 0 Å². The van der Waals surface area contributed by atoms with Crippen LogP contribution < -0.4 is 0 Å². The molecule has 0 aromatic rings. The molecule has 0 saturated heterocycles. The minimum atomic E-state index is 0.0707. The van der Waals surface area contributed by atoms with Gasteiger partial charge in [-0.3, -0.25) is 0 Å². The molecule has 0 amide bonds. The molecule has 0 spiro atoms. The van der Waals surface area contributed by atoms with Gasteiger partial charge in [-0.05, 0) is 38.5 Å². The zero-order valence-electron chi connectivity index (χ0n) is 11.7. The topological polar surface area (TPSA) is 9.23 Å². The van der Waals surface area contributed by atoms with E-state index in [9.17, 15) is 0 Å². The first-order chi connectivity index (χ1) is 6.99. The molecular weight excluding hydrogens is 200 g/mol. The zero-order valence-corrected chi connectivity index (χ0v) is 13.7. The van der Waals surface area contributed by atoms with E-state index in [2.05, 4.69) is 34.6 Å². The molecule has 0 bridgehead atoms. The molecule has 0 radical (unpaired) electrons. The lowest BCUT2D eigenvalue weighted by Crippen LogP contribution is -2.45. The molecule has 0 aliphatic carbocycles. The van der Waals surface area contributed by atoms with Gasteiger partial charge in [-0.15, -0.1) is 0 Å². The second-order valence-electron chi connectivity index (χ2n) is 5.24. The van der Waals surface area contributed by atoms with Crippen LogP contribution in [0.1, 0.15) is 73.1 Å². The zero-order chi connectivity index (χ0) is 11.9. The maximum absolute atomic E-state index is 5.90. The highest BCUT2D eigenvalue weighted by atomic mass is 28.2. The van der Waals surface area contributed by atoms with Gasteiger partial charge in [-0.1, -0.05) is 40.0 Å². The Morgan fingerprint density at radius 3 is 1.40 bits per heavy atom. The van der Waals surface area contributed by atoms with Gasteiger partial charge in [0.05, 0.1) is 5.60 Å². The van der Waals surface area contributed by atoms with E-state index in [1.54, 1.807) is 0 Å². The van der Waals surface area contributed by atoms with Crippen molar-refractivity contribution in [2.75, 3.05) is 0 Å². The van der Waals surface area contributed by atoms with Gasteiger partial charge < -0.3 is 4.43 Å². The average Bonchev–Trinajstić information content (AvgIpc) is 2.18. The van der Waals surface area contributed by atoms with Crippen LogP contribution in [0.15, 0.2) is 0 Å². The monoisotopic (exact) mass is 230 g/mol. The Kier molecular flexibility index (Phi) is 6.77. The van der Waals surface area contributed by atoms with E-state index in [4.69, 9.17) is 4.43 Å². The molecular formula is C13H30OSi. The van der Waals surface area contributed by atoms with Crippen molar-refractivity contribution < 1.29 is 4.43 Å². The Morgan fingerprint density at radius 1 is 0.867 bits per heavy atom. The van der Waals surface area contributed by atoms with Crippen LogP contribution in [0.2, 0.25) is 0 Å². The van der Waals surface area contributed by atoms with Crippen LogP contribution in [0, 0.1) is 5.41 Å². The second kappa shape index (κ2) is 6.69. The molecule has 0 saturated carbocycles. The molecule has 0 aromatic heterocycles. The second-order valence-corrected chi connectivity index (χ2v) is 5.65. The van der Waals surface area contributed by atoms with E-state index in [1.165, 1.54) is 38.5 Å². The number of hydrogen-bond acceptors (Lipinski definition) is 1. The number of hydrogen-bond donors (Lipinski definition) is 0. The quantitative estimate of drug-likeness (QED) is 0.580. The Morgan fingerprint density at radius 2 is 1.20 bits per heavy atom. The summed E-state index contributed by atoms with van der Waals surface area (Å²) >= 11 is 0. The summed E-state index contributed by atoms with van der Waals surface area (Å²) in [6, 6.07) is 0. The van der Waals surface area contributed by atoms with Crippen molar-refractivity contribution in [1.29, 1.82) is 0 Å². The van der Waals surface area contributed by atoms with Crippen LogP contribution in [0.25, 0.3) is 0 Å². The Hall–Kier alpha value is 0.177. The van der Waals surface area contributed by atoms with E-state index < -0.39 is 0 Å². The van der Waals surface area contributed by atoms with Gasteiger partial charge in [0.25, 0.3) is 0 Å². The van der Waals surface area contributed by atoms with E-state index in [0.29, 0.717) is 5.41 Å². The van der Waals surface area contributed by atoms with E-state index in [0.717, 1.165) is 10.5 Å². The molecule has 1 nitrogen and oxygen atoms in total. The van der Waals surface area contributed by atoms with Crippen LogP contribution in [0.4, 0.5) is 0 Å². The Labute approximate surface area is 99.5 Å². The molecule has 0 aromatic carbocycles. The van der Waals surface area contributed by atoms with Crippen molar-refractivity contribution in [3.8, 4) is 0 Å². The summed E-state index contributed by atoms with van der Waals surface area (Å²) in [7, 11) is 0.850. The molecule has 2 heteroatoms. The highest BCUT2D eigenvalue weighted by molar-refractivity contribution is 5.98. The first-order valence-electron chi connectivity index (χ1n) is 6.54. The van der Waals surface area contributed by atoms with Crippen LogP contribution in [-0.4, -0.2) is 16.1 Å². The first-order valence-corrected chi connectivity index (χ1v) is 7.36. The minimum absolute atomic E-state index is 0.0707. The maximum Gasteiger partial charge on any atom is 0.146 e. The van der Waals surface area contributed by atoms with Crippen molar-refractivity contribution >= 4 is 10.5 Å². The maximum atomic E-state index is 5.90. The first kappa shape index (κ1) is 15.2. The SMILES string of the molecule is CCCC(CCC)(CCC)C(C)(C)O[SiH3]. The summed E-state index contributed by atoms with van der Waals surface area (Å²) in [6.07, 6.45) is 7.74. The molecule has 0 fully saturated rings. The standard InChI is InChI=1S/C13H30OSi/c1-6-9-13(10-7-2,11-8-3)12(4,5)14-15/h6-11H2,1-5,15H3. The summed E-state index contributed by atoms with van der Waals surface area (Å²) in [5, 5.41) is 0. The third kappa shape index (κ3) is 3.60. The largest absolute Gasteiger partial charge is 0.422 e. The highest BCUT2D eigenvalue weighted by Gasteiger charge is 2.42. The predicted molar refractivity (Wildman–Crippen MR) is 72.3 cm³/mol. The Bertz CT molecular complexity index is 149. The van der Waals surface area contributed by atoms with Crippen LogP contribution in [0.5, 0.6) is 0 Å². The number of rotatable bonds is 8. The summed E-state index contributed by atoms with van der Waals surface area (Å²) < 4.78 is 5.90. The van der Waals surface area contributed by atoms with Gasteiger partial charge >= 0.3 is 0 Å². The lowest BCUT2D eigenvalue weighted by molar-refractivity contribution is -0.0476. The van der Waals surface area contributed by atoms with Crippen molar-refractivity contribution in [2.45, 2.75) is 78.7 Å². The van der Waals surface area contributed by atoms with Gasteiger partial charge in [0, 0.05) is 0 Å². The molecule has 0 unspecified atom stereocenters. The highest BCUT2D eigenvalue weighted by Crippen LogP contribution is 2.46. The van der Waals surface area contributed by atoms with Gasteiger partial charge in [0.1, 0.15) is 10.5 Å². The molecule has 0 atom stereocenters. The van der Waals surface area contributed by atoms with Crippen molar-refractivity contribution in [3.05, 3.63) is 0 Å². The van der Waals surface area contributed by atoms with Gasteiger partial charge in [-0.2, -0.15) is 0 Å². The van der Waals surface area contributed by atoms with Crippen molar-refractivity contribution in [1.82, 2.24) is 0 Å². The third-order valence-corrected chi connectivity index (χ3v) is 4.99. The average molecular weight is 230 g/mol. The van der Waals surface area contributed by atoms with E-state index in [1.807, 2.05) is 0 Å². The van der Waals surface area contributed by atoms with E-state index >= 15 is 0 Å². The van der Waals surface area contributed by atoms with Crippen LogP contribution in [0.3, 0.4) is 0 Å². The molecule has 0 aliphatic rings. The third-order valence-electron chi connectivity index (χ3n) is 3.97. The summed E-state index contributed by atoms with van der Waals surface area (Å²) in [4.78, 5) is 0. The molecule has 15 heavy (non-hydrogen) atoms. The summed E-state index contributed by atoms with van der Waals surface area (Å²) in [5.41, 5.74) is 0.480. The van der Waals surface area contributed by atoms with Gasteiger partial charge in [-0.25, -0.2) is 0 Å². The van der Waals surface area contributed by atoms with Crippen LogP contribution >= 0.6 is 0 Å². The molecule has 0 rings (SSSR count). The fraction of sp³-hybridized carbons (Fsp3) is 1.00. The molecule has 0 N–H and O–H groups in total. The lowest BCUT2D eigenvalue weighted by atomic mass is 9.65. The fourth-order valence-electron chi connectivity index (χ4n) is 2.93. The van der Waals surface area contributed by atoms with Crippen molar-refractivity contribution in [2.24, 2.45) is 5.41 Å². The summed E-state index contributed by atoms with van der Waals surface area (Å²) in [5.74, 6) is 0. The van der Waals surface area contributed by atoms with Crippen LogP contribution in [-0.2, 0) is 4.43 Å². The lowest BCUT2D eigenvalue weighted by Gasteiger charge is -2.47. The molecule has 0 aliphatic heterocycles. The normalized spacial score (nSPS) is 13.4. The smallest absolute Gasteiger partial charge is 0.146 e. The Balaban J connectivity index is 4.90. The summed E-state index contributed by atoms with van der Waals surface area (Å²) in [6.45, 7) is 11.5. The van der Waals surface area contributed by atoms with Gasteiger partial charge in [0.15, 0.2) is 0 Å². The molecule has 0 heterocycles. The van der Waals surface area contributed by atoms with E-state index in [-0.39, 0.29) is 5.60 Å². The predicted octanol–water partition coefficient (Wildman–Crippen LogP) is 3.45. The molecule has 92 valence electrons.